The molecule has 0 aromatic heterocycles. The number of hydrogen-bond donors (Lipinski definition) is 2. The maximum atomic E-state index is 13.9. The second-order valence-electron chi connectivity index (χ2n) is 5.56. The van der Waals surface area contributed by atoms with E-state index in [2.05, 4.69) is 9.80 Å². The van der Waals surface area contributed by atoms with Gasteiger partial charge in [-0.05, 0) is 26.6 Å². The van der Waals surface area contributed by atoms with Crippen molar-refractivity contribution in [1.29, 1.82) is 0 Å². The van der Waals surface area contributed by atoms with E-state index in [9.17, 15) is 9.50 Å². The molecule has 0 amide bonds. The molecule has 4 nitrogen and oxygen atoms in total. The molecule has 1 aromatic carbocycles. The van der Waals surface area contributed by atoms with Gasteiger partial charge in [-0.1, -0.05) is 12.1 Å². The Morgan fingerprint density at radius 2 is 2.21 bits per heavy atom. The van der Waals surface area contributed by atoms with Gasteiger partial charge in [-0.15, -0.1) is 0 Å². The fourth-order valence-corrected chi connectivity index (χ4v) is 2.70. The fourth-order valence-electron chi connectivity index (χ4n) is 2.70. The van der Waals surface area contributed by atoms with Gasteiger partial charge in [-0.3, -0.25) is 4.90 Å². The van der Waals surface area contributed by atoms with E-state index in [4.69, 9.17) is 5.73 Å². The molecule has 2 rings (SSSR count). The Labute approximate surface area is 113 Å². The second-order valence-corrected chi connectivity index (χ2v) is 5.56. The van der Waals surface area contributed by atoms with E-state index in [1.54, 1.807) is 18.2 Å². The third-order valence-corrected chi connectivity index (χ3v) is 3.56. The second kappa shape index (κ2) is 5.86. The minimum atomic E-state index is -0.340. The Kier molecular flexibility index (Phi) is 4.39. The van der Waals surface area contributed by atoms with Gasteiger partial charge in [0, 0.05) is 31.2 Å². The molecule has 106 valence electrons. The Morgan fingerprint density at radius 1 is 1.47 bits per heavy atom. The van der Waals surface area contributed by atoms with Gasteiger partial charge < -0.3 is 15.7 Å². The molecular weight excluding hydrogens is 245 g/mol. The molecule has 1 aromatic rings. The summed E-state index contributed by atoms with van der Waals surface area (Å²) in [6.07, 6.45) is 0.413. The third kappa shape index (κ3) is 3.43. The van der Waals surface area contributed by atoms with Crippen LogP contribution in [-0.2, 0) is 6.54 Å². The number of nitrogens with two attached hydrogens (primary N) is 1. The molecule has 0 aliphatic carbocycles. The van der Waals surface area contributed by atoms with Gasteiger partial charge >= 0.3 is 0 Å². The predicted molar refractivity (Wildman–Crippen MR) is 74.2 cm³/mol. The van der Waals surface area contributed by atoms with Gasteiger partial charge in [0.2, 0.25) is 0 Å². The van der Waals surface area contributed by atoms with Gasteiger partial charge in [-0.2, -0.15) is 0 Å². The van der Waals surface area contributed by atoms with E-state index in [1.165, 1.54) is 0 Å². The number of hydrogen-bond acceptors (Lipinski definition) is 4. The number of rotatable bonds is 4. The number of nitrogen functional groups attached to an aromatic ring is 1. The molecular formula is C14H22FN3O. The van der Waals surface area contributed by atoms with Gasteiger partial charge in [-0.25, -0.2) is 4.39 Å². The quantitative estimate of drug-likeness (QED) is 0.796. The third-order valence-electron chi connectivity index (χ3n) is 3.56. The Bertz CT molecular complexity index is 439. The summed E-state index contributed by atoms with van der Waals surface area (Å²) in [5, 5.41) is 9.81. The van der Waals surface area contributed by atoms with Crippen molar-refractivity contribution in [2.75, 3.05) is 32.9 Å². The minimum Gasteiger partial charge on any atom is -0.396 e. The van der Waals surface area contributed by atoms with Crippen LogP contribution in [0.3, 0.4) is 0 Å². The Hall–Kier alpha value is -1.17. The first-order valence-corrected chi connectivity index (χ1v) is 6.57. The molecule has 0 bridgehead atoms. The lowest BCUT2D eigenvalue weighted by Crippen LogP contribution is -2.37. The van der Waals surface area contributed by atoms with Gasteiger partial charge in [0.05, 0.1) is 11.8 Å². The fraction of sp³-hybridized carbons (Fsp3) is 0.571. The maximum absolute atomic E-state index is 13.9. The van der Waals surface area contributed by atoms with Crippen LogP contribution in [0.25, 0.3) is 0 Å². The van der Waals surface area contributed by atoms with E-state index in [0.29, 0.717) is 18.7 Å². The summed E-state index contributed by atoms with van der Waals surface area (Å²) in [6.45, 7) is 1.94. The first kappa shape index (κ1) is 14.2. The highest BCUT2D eigenvalue weighted by atomic mass is 19.1. The number of likely N-dealkylation sites (N-methyl/N-ethyl adjacent to an activating group) is 1. The van der Waals surface area contributed by atoms with Gasteiger partial charge in [0.25, 0.3) is 0 Å². The van der Waals surface area contributed by atoms with E-state index >= 15 is 0 Å². The topological polar surface area (TPSA) is 52.7 Å². The lowest BCUT2D eigenvalue weighted by Gasteiger charge is -2.26. The standard InChI is InChI=1S/C14H22FN3O/c1-17(2)8-11-6-12(19)9-18(11)7-10-4-3-5-13(16)14(10)15/h3-5,11-12,19H,6-9,16H2,1-2H3. The molecule has 1 aliphatic rings. The van der Waals surface area contributed by atoms with Crippen molar-refractivity contribution in [3.8, 4) is 0 Å². The SMILES string of the molecule is CN(C)CC1CC(O)CN1Cc1cccc(N)c1F. The molecule has 1 aliphatic heterocycles. The molecule has 0 spiro atoms. The van der Waals surface area contributed by atoms with Crippen LogP contribution in [0.15, 0.2) is 18.2 Å². The number of benzene rings is 1. The van der Waals surface area contributed by atoms with Crippen LogP contribution < -0.4 is 5.73 Å². The highest BCUT2D eigenvalue weighted by Gasteiger charge is 2.31. The summed E-state index contributed by atoms with van der Waals surface area (Å²) >= 11 is 0. The number of nitrogens with zero attached hydrogens (tertiary/aromatic N) is 2. The first-order chi connectivity index (χ1) is 8.97. The van der Waals surface area contributed by atoms with Crippen molar-refractivity contribution in [3.63, 3.8) is 0 Å². The molecule has 1 saturated heterocycles. The van der Waals surface area contributed by atoms with E-state index in [-0.39, 0.29) is 23.7 Å². The smallest absolute Gasteiger partial charge is 0.150 e. The van der Waals surface area contributed by atoms with E-state index in [0.717, 1.165) is 13.0 Å². The number of halogens is 1. The summed E-state index contributed by atoms with van der Waals surface area (Å²) in [7, 11) is 4.01. The molecule has 19 heavy (non-hydrogen) atoms. The van der Waals surface area contributed by atoms with Crippen LogP contribution in [-0.4, -0.2) is 54.2 Å². The molecule has 5 heteroatoms. The predicted octanol–water partition coefficient (Wildman–Crippen LogP) is 0.905. The summed E-state index contributed by atoms with van der Waals surface area (Å²) in [5.41, 5.74) is 6.36. The Morgan fingerprint density at radius 3 is 2.89 bits per heavy atom. The van der Waals surface area contributed by atoms with Crippen molar-refractivity contribution < 1.29 is 9.50 Å². The molecule has 0 radical (unpaired) electrons. The van der Waals surface area contributed by atoms with E-state index in [1.807, 2.05) is 14.1 Å². The molecule has 3 N–H and O–H groups in total. The van der Waals surface area contributed by atoms with Crippen LogP contribution in [0.4, 0.5) is 10.1 Å². The van der Waals surface area contributed by atoms with Crippen LogP contribution in [0.2, 0.25) is 0 Å². The number of likely N-dealkylation sites (tertiary alicyclic amines) is 1. The molecule has 2 atom stereocenters. The van der Waals surface area contributed by atoms with E-state index < -0.39 is 0 Å². The largest absolute Gasteiger partial charge is 0.396 e. The Balaban J connectivity index is 2.10. The van der Waals surface area contributed by atoms with Crippen LogP contribution in [0.5, 0.6) is 0 Å². The van der Waals surface area contributed by atoms with Gasteiger partial charge in [0.1, 0.15) is 0 Å². The van der Waals surface area contributed by atoms with Crippen molar-refractivity contribution >= 4 is 5.69 Å². The number of β-amino-alcohol motifs (C(OH)–C–C–N with tert-alkyl or cyclic N) is 1. The van der Waals surface area contributed by atoms with Crippen molar-refractivity contribution in [1.82, 2.24) is 9.80 Å². The average Bonchev–Trinajstić information content (AvgIpc) is 2.64. The number of aliphatic hydroxyl groups is 1. The zero-order valence-electron chi connectivity index (χ0n) is 11.5. The highest BCUT2D eigenvalue weighted by Crippen LogP contribution is 2.23. The number of anilines is 1. The van der Waals surface area contributed by atoms with Crippen LogP contribution in [0, 0.1) is 5.82 Å². The average molecular weight is 267 g/mol. The van der Waals surface area contributed by atoms with Crippen molar-refractivity contribution in [3.05, 3.63) is 29.6 Å². The number of aliphatic hydroxyl groups excluding tert-OH is 1. The normalized spacial score (nSPS) is 24.3. The minimum absolute atomic E-state index is 0.182. The lowest BCUT2D eigenvalue weighted by molar-refractivity contribution is 0.168. The summed E-state index contributed by atoms with van der Waals surface area (Å²) in [4.78, 5) is 4.22. The van der Waals surface area contributed by atoms with Crippen LogP contribution in [0.1, 0.15) is 12.0 Å². The molecule has 0 saturated carbocycles. The highest BCUT2D eigenvalue weighted by molar-refractivity contribution is 5.42. The zero-order chi connectivity index (χ0) is 14.0. The molecule has 2 unspecified atom stereocenters. The monoisotopic (exact) mass is 267 g/mol. The van der Waals surface area contributed by atoms with Crippen LogP contribution >= 0.6 is 0 Å². The summed E-state index contributed by atoms with van der Waals surface area (Å²) in [6, 6.07) is 5.34. The molecule has 1 heterocycles. The first-order valence-electron chi connectivity index (χ1n) is 6.57. The van der Waals surface area contributed by atoms with Crippen molar-refractivity contribution in [2.45, 2.75) is 25.1 Å². The maximum Gasteiger partial charge on any atom is 0.150 e. The van der Waals surface area contributed by atoms with Gasteiger partial charge in [0.15, 0.2) is 5.82 Å². The summed E-state index contributed by atoms with van der Waals surface area (Å²) in [5.74, 6) is -0.340. The summed E-state index contributed by atoms with van der Waals surface area (Å²) < 4.78 is 13.9. The lowest BCUT2D eigenvalue weighted by atomic mass is 10.1. The zero-order valence-corrected chi connectivity index (χ0v) is 11.5. The molecule has 1 fully saturated rings. The van der Waals surface area contributed by atoms with Crippen molar-refractivity contribution in [2.24, 2.45) is 0 Å².